The molecule has 8 nitrogen and oxygen atoms in total. The fourth-order valence-electron chi connectivity index (χ4n) is 2.63. The Morgan fingerprint density at radius 3 is 2.42 bits per heavy atom. The van der Waals surface area contributed by atoms with Gasteiger partial charge < -0.3 is 5.32 Å². The van der Waals surface area contributed by atoms with Crippen LogP contribution < -0.4 is 5.32 Å². The molecule has 0 spiro atoms. The Hall–Kier alpha value is -3.55. The summed E-state index contributed by atoms with van der Waals surface area (Å²) in [6.07, 6.45) is 5.06. The van der Waals surface area contributed by atoms with Crippen molar-refractivity contribution in [3.05, 3.63) is 72.6 Å². The van der Waals surface area contributed by atoms with Crippen LogP contribution in [0.4, 0.5) is 5.82 Å². The first-order chi connectivity index (χ1) is 12.7. The minimum Gasteiger partial charge on any atom is -0.362 e. The van der Waals surface area contributed by atoms with Gasteiger partial charge in [0.25, 0.3) is 0 Å². The summed E-state index contributed by atoms with van der Waals surface area (Å²) in [5.41, 5.74) is 3.05. The number of aromatic nitrogens is 7. The first-order valence-corrected chi connectivity index (χ1v) is 8.27. The third kappa shape index (κ3) is 3.30. The van der Waals surface area contributed by atoms with E-state index in [1.54, 1.807) is 15.7 Å². The van der Waals surface area contributed by atoms with E-state index < -0.39 is 0 Å². The highest BCUT2D eigenvalue weighted by Crippen LogP contribution is 2.19. The quantitative estimate of drug-likeness (QED) is 0.598. The summed E-state index contributed by atoms with van der Waals surface area (Å²) < 4.78 is 3.43. The van der Waals surface area contributed by atoms with Crippen LogP contribution in [0.1, 0.15) is 24.2 Å². The maximum atomic E-state index is 4.33. The smallest absolute Gasteiger partial charge is 0.175 e. The van der Waals surface area contributed by atoms with Gasteiger partial charge in [0.1, 0.15) is 18.5 Å². The molecule has 4 rings (SSSR count). The van der Waals surface area contributed by atoms with Crippen molar-refractivity contribution >= 4 is 5.82 Å². The zero-order valence-electron chi connectivity index (χ0n) is 14.5. The van der Waals surface area contributed by atoms with E-state index in [4.69, 9.17) is 0 Å². The number of anilines is 1. The number of nitrogens with one attached hydrogen (secondary N) is 1. The Labute approximate surface area is 150 Å². The summed E-state index contributed by atoms with van der Waals surface area (Å²) in [5, 5.41) is 20.3. The van der Waals surface area contributed by atoms with Gasteiger partial charge in [0.2, 0.25) is 0 Å². The summed E-state index contributed by atoms with van der Waals surface area (Å²) in [6.45, 7) is 4.02. The lowest BCUT2D eigenvalue weighted by atomic mass is 10.1. The molecule has 26 heavy (non-hydrogen) atoms. The molecule has 0 aliphatic rings. The van der Waals surface area contributed by atoms with E-state index in [1.165, 1.54) is 6.33 Å². The van der Waals surface area contributed by atoms with Crippen molar-refractivity contribution in [2.75, 3.05) is 5.32 Å². The molecular weight excluding hydrogens is 328 g/mol. The van der Waals surface area contributed by atoms with E-state index in [0.29, 0.717) is 11.6 Å². The Balaban J connectivity index is 1.45. The fraction of sp³-hybridized carbons (Fsp3) is 0.167. The van der Waals surface area contributed by atoms with E-state index in [1.807, 2.05) is 43.5 Å². The summed E-state index contributed by atoms with van der Waals surface area (Å²) in [6, 6.07) is 14.0. The first-order valence-electron chi connectivity index (χ1n) is 8.27. The van der Waals surface area contributed by atoms with Gasteiger partial charge in [-0.15, -0.1) is 10.2 Å². The first kappa shape index (κ1) is 15.9. The molecule has 0 saturated carbocycles. The van der Waals surface area contributed by atoms with Gasteiger partial charge in [-0.2, -0.15) is 10.2 Å². The monoisotopic (exact) mass is 346 g/mol. The molecule has 4 aromatic rings. The molecular formula is C18H18N8. The summed E-state index contributed by atoms with van der Waals surface area (Å²) in [4.78, 5) is 3.96. The largest absolute Gasteiger partial charge is 0.362 e. The number of rotatable bonds is 5. The van der Waals surface area contributed by atoms with Crippen LogP contribution in [0.15, 0.2) is 61.3 Å². The predicted molar refractivity (Wildman–Crippen MR) is 97.3 cm³/mol. The van der Waals surface area contributed by atoms with Crippen molar-refractivity contribution in [3.63, 3.8) is 0 Å². The van der Waals surface area contributed by atoms with E-state index in [-0.39, 0.29) is 6.04 Å². The van der Waals surface area contributed by atoms with Crippen LogP contribution in [0.2, 0.25) is 0 Å². The number of aryl methyl sites for hydroxylation is 1. The van der Waals surface area contributed by atoms with Crippen molar-refractivity contribution in [1.82, 2.24) is 34.7 Å². The molecule has 1 N–H and O–H groups in total. The molecule has 0 fully saturated rings. The van der Waals surface area contributed by atoms with Crippen LogP contribution in [0.3, 0.4) is 0 Å². The van der Waals surface area contributed by atoms with Gasteiger partial charge in [-0.3, -0.25) is 0 Å². The molecule has 3 aromatic heterocycles. The predicted octanol–water partition coefficient (Wildman–Crippen LogP) is 2.72. The van der Waals surface area contributed by atoms with Gasteiger partial charge in [0.05, 0.1) is 17.4 Å². The number of hydrogen-bond acceptors (Lipinski definition) is 6. The molecule has 0 aliphatic carbocycles. The molecule has 0 aliphatic heterocycles. The van der Waals surface area contributed by atoms with Crippen molar-refractivity contribution < 1.29 is 0 Å². The minimum atomic E-state index is 0.0897. The second-order valence-electron chi connectivity index (χ2n) is 5.98. The van der Waals surface area contributed by atoms with Crippen LogP contribution in [0.25, 0.3) is 11.5 Å². The van der Waals surface area contributed by atoms with Crippen LogP contribution in [0, 0.1) is 6.92 Å². The van der Waals surface area contributed by atoms with Crippen molar-refractivity contribution in [1.29, 1.82) is 0 Å². The highest BCUT2D eigenvalue weighted by atomic mass is 15.3. The Morgan fingerprint density at radius 2 is 1.81 bits per heavy atom. The maximum Gasteiger partial charge on any atom is 0.175 e. The van der Waals surface area contributed by atoms with E-state index in [9.17, 15) is 0 Å². The normalized spacial score (nSPS) is 12.1. The van der Waals surface area contributed by atoms with Gasteiger partial charge in [0, 0.05) is 6.20 Å². The molecule has 8 heteroatoms. The Morgan fingerprint density at radius 1 is 0.962 bits per heavy atom. The lowest BCUT2D eigenvalue weighted by Crippen LogP contribution is -2.09. The zero-order valence-corrected chi connectivity index (χ0v) is 14.5. The van der Waals surface area contributed by atoms with Crippen molar-refractivity contribution in [3.8, 4) is 11.5 Å². The molecule has 1 atom stereocenters. The van der Waals surface area contributed by atoms with Crippen molar-refractivity contribution in [2.24, 2.45) is 0 Å². The SMILES string of the molecule is Cc1ccn(-c2ccc(N[C@H](C)c3ccc(-n4cncn4)cc3)nn2)n1. The molecule has 130 valence electrons. The van der Waals surface area contributed by atoms with E-state index in [0.717, 1.165) is 16.9 Å². The minimum absolute atomic E-state index is 0.0897. The second-order valence-corrected chi connectivity index (χ2v) is 5.98. The Bertz CT molecular complexity index is 971. The molecule has 3 heterocycles. The standard InChI is InChI=1S/C18H18N8/c1-13-9-10-25(24-13)18-8-7-17(22-23-18)21-14(2)15-3-5-16(6-4-15)26-12-19-11-20-26/h3-12,14H,1-2H3,(H,21,22)/t14-/m1/s1. The van der Waals surface area contributed by atoms with Crippen molar-refractivity contribution in [2.45, 2.75) is 19.9 Å². The average molecular weight is 346 g/mol. The van der Waals surface area contributed by atoms with Gasteiger partial charge in [-0.05, 0) is 49.7 Å². The molecule has 0 bridgehead atoms. The van der Waals surface area contributed by atoms with Crippen LogP contribution in [-0.4, -0.2) is 34.7 Å². The molecule has 0 amide bonds. The summed E-state index contributed by atoms with van der Waals surface area (Å²) in [5.74, 6) is 1.40. The Kier molecular flexibility index (Phi) is 4.14. The van der Waals surface area contributed by atoms with Gasteiger partial charge in [0.15, 0.2) is 5.82 Å². The molecule has 0 radical (unpaired) electrons. The molecule has 0 saturated heterocycles. The third-order valence-electron chi connectivity index (χ3n) is 4.05. The van der Waals surface area contributed by atoms with E-state index in [2.05, 4.69) is 49.8 Å². The highest BCUT2D eigenvalue weighted by Gasteiger charge is 2.08. The lowest BCUT2D eigenvalue weighted by molar-refractivity contribution is 0.795. The van der Waals surface area contributed by atoms with Crippen LogP contribution in [0.5, 0.6) is 0 Å². The van der Waals surface area contributed by atoms with Gasteiger partial charge in [-0.25, -0.2) is 14.3 Å². The van der Waals surface area contributed by atoms with Crippen LogP contribution in [-0.2, 0) is 0 Å². The highest BCUT2D eigenvalue weighted by molar-refractivity contribution is 5.41. The summed E-state index contributed by atoms with van der Waals surface area (Å²) in [7, 11) is 0. The zero-order chi connectivity index (χ0) is 17.9. The van der Waals surface area contributed by atoms with Gasteiger partial charge >= 0.3 is 0 Å². The number of hydrogen-bond donors (Lipinski definition) is 1. The summed E-state index contributed by atoms with van der Waals surface area (Å²) >= 11 is 0. The second kappa shape index (κ2) is 6.75. The molecule has 0 unspecified atom stereocenters. The topological polar surface area (TPSA) is 86.3 Å². The van der Waals surface area contributed by atoms with Gasteiger partial charge in [-0.1, -0.05) is 12.1 Å². The van der Waals surface area contributed by atoms with E-state index >= 15 is 0 Å². The third-order valence-corrected chi connectivity index (χ3v) is 4.05. The number of benzene rings is 1. The lowest BCUT2D eigenvalue weighted by Gasteiger charge is -2.15. The average Bonchev–Trinajstić information content (AvgIpc) is 3.34. The molecule has 1 aromatic carbocycles. The number of nitrogens with zero attached hydrogens (tertiary/aromatic N) is 7. The maximum absolute atomic E-state index is 4.33. The van der Waals surface area contributed by atoms with Crippen LogP contribution >= 0.6 is 0 Å². The fourth-order valence-corrected chi connectivity index (χ4v) is 2.63.